The van der Waals surface area contributed by atoms with Gasteiger partial charge in [0.15, 0.2) is 0 Å². The third-order valence-corrected chi connectivity index (χ3v) is 7.51. The molecule has 9 heteroatoms. The minimum Gasteiger partial charge on any atom is -0.458 e. The van der Waals surface area contributed by atoms with Gasteiger partial charge in [0.05, 0.1) is 12.0 Å². The number of ether oxygens (including phenoxy) is 2. The number of carbonyl (C=O) groups excluding carboxylic acids is 1. The number of hydrogen-bond donors (Lipinski definition) is 0. The maximum Gasteiger partial charge on any atom is 0.423 e. The molecule has 3 nitrogen and oxygen atoms in total. The van der Waals surface area contributed by atoms with E-state index in [0.29, 0.717) is 11.8 Å². The van der Waals surface area contributed by atoms with Gasteiger partial charge in [0.1, 0.15) is 5.60 Å². The van der Waals surface area contributed by atoms with Crippen LogP contribution in [0.1, 0.15) is 59.3 Å². The molecule has 0 aromatic carbocycles. The zero-order chi connectivity index (χ0) is 21.8. The molecule has 0 spiro atoms. The number of halogens is 6. The Balaban J connectivity index is 1.71. The van der Waals surface area contributed by atoms with Crippen LogP contribution in [-0.4, -0.2) is 36.6 Å². The Morgan fingerprint density at radius 1 is 0.966 bits per heavy atom. The highest BCUT2D eigenvalue weighted by Crippen LogP contribution is 2.59. The number of hydrogen-bond acceptors (Lipinski definition) is 3. The predicted molar refractivity (Wildman–Crippen MR) is 91.8 cm³/mol. The van der Waals surface area contributed by atoms with E-state index in [4.69, 9.17) is 4.74 Å². The lowest BCUT2D eigenvalue weighted by molar-refractivity contribution is -0.326. The fraction of sp³-hybridized carbons (Fsp3) is 0.950. The highest BCUT2D eigenvalue weighted by atomic mass is 19.4. The largest absolute Gasteiger partial charge is 0.458 e. The number of esters is 1. The molecule has 1 atom stereocenters. The first-order chi connectivity index (χ1) is 13.2. The molecule has 4 aliphatic rings. The average Bonchev–Trinajstić information content (AvgIpc) is 2.56. The minimum absolute atomic E-state index is 0.00489. The average molecular weight is 430 g/mol. The summed E-state index contributed by atoms with van der Waals surface area (Å²) in [4.78, 5) is 12.9. The van der Waals surface area contributed by atoms with Crippen LogP contribution in [0.3, 0.4) is 0 Å². The van der Waals surface area contributed by atoms with Crippen molar-refractivity contribution in [2.75, 3.05) is 6.61 Å². The Hall–Kier alpha value is -0.990. The third-order valence-electron chi connectivity index (χ3n) is 7.51. The van der Waals surface area contributed by atoms with Crippen molar-refractivity contribution >= 4 is 5.97 Å². The minimum atomic E-state index is -5.61. The summed E-state index contributed by atoms with van der Waals surface area (Å²) >= 11 is 0. The summed E-state index contributed by atoms with van der Waals surface area (Å²) in [6.45, 7) is 3.70. The number of alkyl halides is 6. The molecular formula is C20H28F6O3. The molecular weight excluding hydrogens is 402 g/mol. The summed E-state index contributed by atoms with van der Waals surface area (Å²) in [6, 6.07) is 0. The Bertz CT molecular complexity index is 587. The van der Waals surface area contributed by atoms with Crippen LogP contribution in [0.4, 0.5) is 26.3 Å². The van der Waals surface area contributed by atoms with Gasteiger partial charge >= 0.3 is 18.3 Å². The van der Waals surface area contributed by atoms with Crippen molar-refractivity contribution in [2.24, 2.45) is 29.1 Å². The van der Waals surface area contributed by atoms with E-state index >= 15 is 0 Å². The van der Waals surface area contributed by atoms with E-state index in [2.05, 4.69) is 4.74 Å². The molecule has 0 aliphatic heterocycles. The summed E-state index contributed by atoms with van der Waals surface area (Å²) < 4.78 is 86.7. The molecule has 4 rings (SSSR count). The van der Waals surface area contributed by atoms with Crippen LogP contribution < -0.4 is 0 Å². The summed E-state index contributed by atoms with van der Waals surface area (Å²) in [5, 5.41) is 0. The fourth-order valence-electron chi connectivity index (χ4n) is 5.56. The predicted octanol–water partition coefficient (Wildman–Crippen LogP) is 5.67. The normalized spacial score (nSPS) is 36.3. The molecule has 0 heterocycles. The Morgan fingerprint density at radius 3 is 1.79 bits per heavy atom. The van der Waals surface area contributed by atoms with Gasteiger partial charge in [0.25, 0.3) is 0 Å². The molecule has 0 N–H and O–H groups in total. The smallest absolute Gasteiger partial charge is 0.423 e. The summed E-state index contributed by atoms with van der Waals surface area (Å²) in [6.07, 6.45) is -10.1. The van der Waals surface area contributed by atoms with Crippen molar-refractivity contribution in [3.05, 3.63) is 0 Å². The SMILES string of the molecule is CCC(C)(COC(C(F)(F)F)C(F)(F)F)C(=O)OC1(C)C2CC3CC(C2)CC1C3. The third kappa shape index (κ3) is 4.26. The molecule has 0 aromatic heterocycles. The van der Waals surface area contributed by atoms with Crippen molar-refractivity contribution < 1.29 is 40.6 Å². The van der Waals surface area contributed by atoms with Gasteiger partial charge in [-0.05, 0) is 76.0 Å². The summed E-state index contributed by atoms with van der Waals surface area (Å²) in [7, 11) is 0. The summed E-state index contributed by atoms with van der Waals surface area (Å²) in [5.41, 5.74) is -2.30. The second-order valence-electron chi connectivity index (χ2n) is 9.57. The van der Waals surface area contributed by atoms with E-state index in [0.717, 1.165) is 25.7 Å². The quantitative estimate of drug-likeness (QED) is 0.402. The Kier molecular flexibility index (Phi) is 5.72. The lowest BCUT2D eigenvalue weighted by atomic mass is 9.50. The maximum atomic E-state index is 12.9. The monoisotopic (exact) mass is 430 g/mol. The second kappa shape index (κ2) is 7.31. The van der Waals surface area contributed by atoms with E-state index in [1.165, 1.54) is 20.3 Å². The summed E-state index contributed by atoms with van der Waals surface area (Å²) in [5.74, 6) is 0.873. The van der Waals surface area contributed by atoms with Gasteiger partial charge in [-0.2, -0.15) is 26.3 Å². The highest BCUT2D eigenvalue weighted by Gasteiger charge is 2.60. The van der Waals surface area contributed by atoms with Gasteiger partial charge < -0.3 is 9.47 Å². The number of rotatable bonds is 6. The van der Waals surface area contributed by atoms with Crippen LogP contribution in [0.25, 0.3) is 0 Å². The molecule has 4 saturated carbocycles. The van der Waals surface area contributed by atoms with Crippen LogP contribution in [0.2, 0.25) is 0 Å². The molecule has 168 valence electrons. The van der Waals surface area contributed by atoms with Crippen molar-refractivity contribution in [1.29, 1.82) is 0 Å². The standard InChI is InChI=1S/C20H28F6O3/c1-4-17(2,10-28-15(19(21,22)23)20(24,25)26)16(27)29-18(3)13-6-11-5-12(8-13)9-14(18)7-11/h11-15H,4-10H2,1-3H3. The molecule has 0 radical (unpaired) electrons. The zero-order valence-corrected chi connectivity index (χ0v) is 16.8. The lowest BCUT2D eigenvalue weighted by Crippen LogP contribution is -2.59. The van der Waals surface area contributed by atoms with Gasteiger partial charge in [0.2, 0.25) is 6.10 Å². The Morgan fingerprint density at radius 2 is 1.41 bits per heavy atom. The molecule has 4 aliphatic carbocycles. The first-order valence-electron chi connectivity index (χ1n) is 10.2. The van der Waals surface area contributed by atoms with Crippen LogP contribution in [0.15, 0.2) is 0 Å². The van der Waals surface area contributed by atoms with Crippen molar-refractivity contribution in [1.82, 2.24) is 0 Å². The van der Waals surface area contributed by atoms with Crippen molar-refractivity contribution in [3.63, 3.8) is 0 Å². The van der Waals surface area contributed by atoms with E-state index in [1.807, 2.05) is 6.92 Å². The first kappa shape index (κ1) is 22.7. The van der Waals surface area contributed by atoms with Gasteiger partial charge in [-0.25, -0.2) is 0 Å². The van der Waals surface area contributed by atoms with Crippen molar-refractivity contribution in [3.8, 4) is 0 Å². The second-order valence-corrected chi connectivity index (χ2v) is 9.57. The van der Waals surface area contributed by atoms with Gasteiger partial charge in [-0.3, -0.25) is 4.79 Å². The van der Waals surface area contributed by atoms with E-state index in [1.54, 1.807) is 0 Å². The molecule has 0 aromatic rings. The molecule has 4 fully saturated rings. The van der Waals surface area contributed by atoms with Gasteiger partial charge in [-0.1, -0.05) is 6.92 Å². The van der Waals surface area contributed by atoms with Gasteiger partial charge in [0, 0.05) is 0 Å². The Labute approximate surface area is 166 Å². The maximum absolute atomic E-state index is 12.9. The van der Waals surface area contributed by atoms with Crippen LogP contribution >= 0.6 is 0 Å². The van der Waals surface area contributed by atoms with E-state index in [9.17, 15) is 31.1 Å². The zero-order valence-electron chi connectivity index (χ0n) is 16.8. The highest BCUT2D eigenvalue weighted by molar-refractivity contribution is 5.77. The topological polar surface area (TPSA) is 35.5 Å². The van der Waals surface area contributed by atoms with E-state index in [-0.39, 0.29) is 18.3 Å². The molecule has 4 bridgehead atoms. The molecule has 0 amide bonds. The molecule has 1 unspecified atom stereocenters. The lowest BCUT2D eigenvalue weighted by Gasteiger charge is -2.59. The van der Waals surface area contributed by atoms with Crippen LogP contribution in [0, 0.1) is 29.1 Å². The molecule has 0 saturated heterocycles. The fourth-order valence-corrected chi connectivity index (χ4v) is 5.56. The number of carbonyl (C=O) groups is 1. The van der Waals surface area contributed by atoms with Crippen LogP contribution in [0.5, 0.6) is 0 Å². The first-order valence-corrected chi connectivity index (χ1v) is 10.2. The van der Waals surface area contributed by atoms with Crippen molar-refractivity contribution in [2.45, 2.75) is 83.4 Å². The van der Waals surface area contributed by atoms with E-state index < -0.39 is 42.0 Å². The van der Waals surface area contributed by atoms with Crippen LogP contribution in [-0.2, 0) is 14.3 Å². The van der Waals surface area contributed by atoms with Gasteiger partial charge in [-0.15, -0.1) is 0 Å². The molecule has 29 heavy (non-hydrogen) atoms.